The van der Waals surface area contributed by atoms with Gasteiger partial charge in [-0.1, -0.05) is 56.0 Å². The molecule has 1 aromatic rings. The second kappa shape index (κ2) is 6.27. The first kappa shape index (κ1) is 13.5. The third kappa shape index (κ3) is 4.54. The van der Waals surface area contributed by atoms with Crippen molar-refractivity contribution in [2.24, 2.45) is 0 Å². The van der Waals surface area contributed by atoms with Crippen LogP contribution in [0.25, 0.3) is 0 Å². The maximum absolute atomic E-state index is 10.3. The van der Waals surface area contributed by atoms with Crippen molar-refractivity contribution in [3.05, 3.63) is 34.9 Å². The van der Waals surface area contributed by atoms with Crippen molar-refractivity contribution >= 4 is 11.6 Å². The molecule has 0 aliphatic carbocycles. The standard InChI is InChI=1S/C14H21ClO/c1-3-4-7-10-14(2,16)11-12-8-5-6-9-13(12)15/h5-6,8-9,16H,3-4,7,10-11H2,1-2H3. The lowest BCUT2D eigenvalue weighted by molar-refractivity contribution is 0.0486. The molecule has 0 aliphatic heterocycles. The van der Waals surface area contributed by atoms with Crippen molar-refractivity contribution in [1.82, 2.24) is 0 Å². The topological polar surface area (TPSA) is 20.2 Å². The molecule has 16 heavy (non-hydrogen) atoms. The van der Waals surface area contributed by atoms with Gasteiger partial charge in [-0.3, -0.25) is 0 Å². The van der Waals surface area contributed by atoms with Gasteiger partial charge in [0.15, 0.2) is 0 Å². The minimum Gasteiger partial charge on any atom is -0.390 e. The highest BCUT2D eigenvalue weighted by Gasteiger charge is 2.21. The summed E-state index contributed by atoms with van der Waals surface area (Å²) in [5.74, 6) is 0. The van der Waals surface area contributed by atoms with Crippen LogP contribution in [-0.4, -0.2) is 10.7 Å². The van der Waals surface area contributed by atoms with E-state index in [1.54, 1.807) is 0 Å². The van der Waals surface area contributed by atoms with Gasteiger partial charge in [0, 0.05) is 11.4 Å². The molecule has 0 radical (unpaired) electrons. The first-order valence-electron chi connectivity index (χ1n) is 6.01. The van der Waals surface area contributed by atoms with Crippen LogP contribution in [-0.2, 0) is 6.42 Å². The van der Waals surface area contributed by atoms with Gasteiger partial charge in [0.05, 0.1) is 5.60 Å². The zero-order valence-corrected chi connectivity index (χ0v) is 10.9. The average Bonchev–Trinajstić information content (AvgIpc) is 2.21. The normalized spacial score (nSPS) is 14.8. The molecule has 0 spiro atoms. The summed E-state index contributed by atoms with van der Waals surface area (Å²) in [4.78, 5) is 0. The largest absolute Gasteiger partial charge is 0.390 e. The molecule has 0 bridgehead atoms. The molecule has 0 fully saturated rings. The highest BCUT2D eigenvalue weighted by molar-refractivity contribution is 6.31. The summed E-state index contributed by atoms with van der Waals surface area (Å²) in [5.41, 5.74) is 0.394. The van der Waals surface area contributed by atoms with Crippen LogP contribution in [0.5, 0.6) is 0 Å². The lowest BCUT2D eigenvalue weighted by Crippen LogP contribution is -2.27. The predicted molar refractivity (Wildman–Crippen MR) is 69.9 cm³/mol. The third-order valence-electron chi connectivity index (χ3n) is 2.85. The van der Waals surface area contributed by atoms with Crippen molar-refractivity contribution in [3.8, 4) is 0 Å². The quantitative estimate of drug-likeness (QED) is 0.739. The minimum absolute atomic E-state index is 0.635. The van der Waals surface area contributed by atoms with E-state index in [4.69, 9.17) is 11.6 Å². The van der Waals surface area contributed by atoms with E-state index >= 15 is 0 Å². The first-order valence-corrected chi connectivity index (χ1v) is 6.39. The Kier molecular flexibility index (Phi) is 5.30. The van der Waals surface area contributed by atoms with E-state index in [-0.39, 0.29) is 0 Å². The van der Waals surface area contributed by atoms with Gasteiger partial charge in [-0.25, -0.2) is 0 Å². The molecule has 0 amide bonds. The van der Waals surface area contributed by atoms with E-state index in [1.165, 1.54) is 12.8 Å². The molecule has 1 aromatic carbocycles. The van der Waals surface area contributed by atoms with Crippen LogP contribution in [0.3, 0.4) is 0 Å². The Morgan fingerprint density at radius 2 is 1.94 bits per heavy atom. The van der Waals surface area contributed by atoms with Gasteiger partial charge >= 0.3 is 0 Å². The molecule has 1 N–H and O–H groups in total. The fourth-order valence-electron chi connectivity index (χ4n) is 1.90. The van der Waals surface area contributed by atoms with E-state index in [0.717, 1.165) is 23.4 Å². The maximum Gasteiger partial charge on any atom is 0.0660 e. The summed E-state index contributed by atoms with van der Waals surface area (Å²) in [6, 6.07) is 7.73. The van der Waals surface area contributed by atoms with Gasteiger partial charge in [-0.2, -0.15) is 0 Å². The molecule has 0 aromatic heterocycles. The van der Waals surface area contributed by atoms with Gasteiger partial charge in [-0.05, 0) is 25.0 Å². The van der Waals surface area contributed by atoms with Crippen molar-refractivity contribution in [2.75, 3.05) is 0 Å². The molecule has 0 saturated heterocycles. The lowest BCUT2D eigenvalue weighted by atomic mass is 9.91. The summed E-state index contributed by atoms with van der Waals surface area (Å²) >= 11 is 6.08. The molecule has 0 saturated carbocycles. The van der Waals surface area contributed by atoms with Crippen LogP contribution in [0, 0.1) is 0 Å². The maximum atomic E-state index is 10.3. The second-order valence-electron chi connectivity index (χ2n) is 4.72. The van der Waals surface area contributed by atoms with Gasteiger partial charge in [0.1, 0.15) is 0 Å². The highest BCUT2D eigenvalue weighted by Crippen LogP contribution is 2.24. The van der Waals surface area contributed by atoms with E-state index in [9.17, 15) is 5.11 Å². The number of hydrogen-bond acceptors (Lipinski definition) is 1. The Balaban J connectivity index is 2.55. The average molecular weight is 241 g/mol. The number of benzene rings is 1. The second-order valence-corrected chi connectivity index (χ2v) is 5.13. The van der Waals surface area contributed by atoms with Gasteiger partial charge in [0.2, 0.25) is 0 Å². The number of aliphatic hydroxyl groups is 1. The van der Waals surface area contributed by atoms with Gasteiger partial charge in [-0.15, -0.1) is 0 Å². The molecule has 1 unspecified atom stereocenters. The molecule has 0 aliphatic rings. The molecule has 1 atom stereocenters. The van der Waals surface area contributed by atoms with E-state index in [0.29, 0.717) is 6.42 Å². The number of hydrogen-bond donors (Lipinski definition) is 1. The van der Waals surface area contributed by atoms with E-state index in [2.05, 4.69) is 6.92 Å². The number of halogens is 1. The zero-order valence-electron chi connectivity index (χ0n) is 10.2. The predicted octanol–water partition coefficient (Wildman–Crippen LogP) is 4.21. The summed E-state index contributed by atoms with van der Waals surface area (Å²) < 4.78 is 0. The van der Waals surface area contributed by atoms with Crippen molar-refractivity contribution in [1.29, 1.82) is 0 Å². The Bertz CT molecular complexity index is 320. The first-order chi connectivity index (χ1) is 7.55. The number of rotatable bonds is 6. The smallest absolute Gasteiger partial charge is 0.0660 e. The minimum atomic E-state index is -0.639. The fraction of sp³-hybridized carbons (Fsp3) is 0.571. The Labute approximate surface area is 103 Å². The summed E-state index contributed by atoms with van der Waals surface area (Å²) in [6.07, 6.45) is 4.91. The zero-order chi connectivity index (χ0) is 12.0. The van der Waals surface area contributed by atoms with Gasteiger partial charge in [0.25, 0.3) is 0 Å². The van der Waals surface area contributed by atoms with Gasteiger partial charge < -0.3 is 5.11 Å². The van der Waals surface area contributed by atoms with Crippen LogP contribution in [0.1, 0.15) is 45.1 Å². The summed E-state index contributed by atoms with van der Waals surface area (Å²) in [7, 11) is 0. The Morgan fingerprint density at radius 3 is 2.56 bits per heavy atom. The molecule has 1 rings (SSSR count). The SMILES string of the molecule is CCCCCC(C)(O)Cc1ccccc1Cl. The third-order valence-corrected chi connectivity index (χ3v) is 3.22. The Morgan fingerprint density at radius 1 is 1.25 bits per heavy atom. The molecule has 90 valence electrons. The van der Waals surface area contributed by atoms with E-state index in [1.807, 2.05) is 31.2 Å². The van der Waals surface area contributed by atoms with Crippen molar-refractivity contribution in [2.45, 2.75) is 51.6 Å². The lowest BCUT2D eigenvalue weighted by Gasteiger charge is -2.23. The molecule has 1 nitrogen and oxygen atoms in total. The van der Waals surface area contributed by atoms with Crippen molar-refractivity contribution in [3.63, 3.8) is 0 Å². The van der Waals surface area contributed by atoms with Crippen LogP contribution in [0.2, 0.25) is 5.02 Å². The highest BCUT2D eigenvalue weighted by atomic mass is 35.5. The van der Waals surface area contributed by atoms with Crippen LogP contribution in [0.15, 0.2) is 24.3 Å². The molecule has 2 heteroatoms. The van der Waals surface area contributed by atoms with Crippen LogP contribution < -0.4 is 0 Å². The van der Waals surface area contributed by atoms with Crippen molar-refractivity contribution < 1.29 is 5.11 Å². The van der Waals surface area contributed by atoms with Crippen LogP contribution in [0.4, 0.5) is 0 Å². The summed E-state index contributed by atoms with van der Waals surface area (Å²) in [6.45, 7) is 4.06. The van der Waals surface area contributed by atoms with E-state index < -0.39 is 5.60 Å². The monoisotopic (exact) mass is 240 g/mol. The molecule has 0 heterocycles. The van der Waals surface area contributed by atoms with Crippen LogP contribution >= 0.6 is 11.6 Å². The molecular formula is C14H21ClO. The Hall–Kier alpha value is -0.530. The number of unbranched alkanes of at least 4 members (excludes halogenated alkanes) is 2. The fourth-order valence-corrected chi connectivity index (χ4v) is 2.10. The summed E-state index contributed by atoms with van der Waals surface area (Å²) in [5, 5.41) is 11.0. The molecular weight excluding hydrogens is 220 g/mol.